The predicted molar refractivity (Wildman–Crippen MR) is 108 cm³/mol. The van der Waals surface area contributed by atoms with E-state index < -0.39 is 5.41 Å². The second kappa shape index (κ2) is 6.39. The Morgan fingerprint density at radius 1 is 1.19 bits per heavy atom. The quantitative estimate of drug-likeness (QED) is 0.548. The van der Waals surface area contributed by atoms with Crippen LogP contribution in [0.25, 0.3) is 0 Å². The molecule has 0 heterocycles. The number of rotatable bonds is 3. The predicted octanol–water partition coefficient (Wildman–Crippen LogP) is 6.39. The summed E-state index contributed by atoms with van der Waals surface area (Å²) < 4.78 is 5.89. The largest absolute Gasteiger partial charge is 0.464 e. The van der Waals surface area contributed by atoms with E-state index in [9.17, 15) is 4.79 Å². The van der Waals surface area contributed by atoms with Gasteiger partial charge in [0.15, 0.2) is 0 Å². The maximum Gasteiger partial charge on any atom is 0.311 e. The van der Waals surface area contributed by atoms with Gasteiger partial charge in [0, 0.05) is 5.41 Å². The second-order valence-corrected chi connectivity index (χ2v) is 10.4. The molecule has 3 aliphatic carbocycles. The molecule has 0 N–H and O–H groups in total. The van der Waals surface area contributed by atoms with Gasteiger partial charge in [0.05, 0.1) is 5.41 Å². The lowest BCUT2D eigenvalue weighted by Gasteiger charge is -2.49. The minimum absolute atomic E-state index is 0.0125. The average Bonchev–Trinajstić information content (AvgIpc) is 2.90. The van der Waals surface area contributed by atoms with Gasteiger partial charge in [-0.15, -0.1) is 0 Å². The van der Waals surface area contributed by atoms with Gasteiger partial charge in [0.25, 0.3) is 0 Å². The van der Waals surface area contributed by atoms with E-state index in [0.29, 0.717) is 17.9 Å². The van der Waals surface area contributed by atoms with Crippen LogP contribution in [0.15, 0.2) is 34.9 Å². The molecule has 0 aromatic rings. The summed E-state index contributed by atoms with van der Waals surface area (Å²) in [6, 6.07) is 0. The maximum absolute atomic E-state index is 12.4. The van der Waals surface area contributed by atoms with Crippen molar-refractivity contribution in [3.8, 4) is 0 Å². The van der Waals surface area contributed by atoms with Crippen molar-refractivity contribution in [1.29, 1.82) is 0 Å². The molecule has 0 amide bonds. The van der Waals surface area contributed by atoms with Crippen molar-refractivity contribution in [2.75, 3.05) is 6.61 Å². The van der Waals surface area contributed by atoms with Crippen molar-refractivity contribution < 1.29 is 9.53 Å². The summed E-state index contributed by atoms with van der Waals surface area (Å²) in [4.78, 5) is 12.4. The summed E-state index contributed by atoms with van der Waals surface area (Å²) in [6.45, 7) is 17.7. The fourth-order valence-electron chi connectivity index (χ4n) is 5.09. The van der Waals surface area contributed by atoms with E-state index >= 15 is 0 Å². The Morgan fingerprint density at radius 3 is 2.50 bits per heavy atom. The number of fused-ring (bicyclic) bond motifs is 3. The zero-order valence-corrected chi connectivity index (χ0v) is 17.6. The topological polar surface area (TPSA) is 26.3 Å². The number of hydrogen-bond acceptors (Lipinski definition) is 2. The van der Waals surface area contributed by atoms with E-state index in [1.165, 1.54) is 30.4 Å². The van der Waals surface area contributed by atoms with E-state index in [4.69, 9.17) is 4.74 Å². The minimum Gasteiger partial charge on any atom is -0.464 e. The van der Waals surface area contributed by atoms with Gasteiger partial charge in [-0.1, -0.05) is 44.6 Å². The Hall–Kier alpha value is -1.31. The van der Waals surface area contributed by atoms with Crippen LogP contribution in [0.3, 0.4) is 0 Å². The third-order valence-corrected chi connectivity index (χ3v) is 6.93. The molecular formula is C24H36O2. The Labute approximate surface area is 159 Å². The number of allylic oxidation sites excluding steroid dienone is 4. The molecule has 2 atom stereocenters. The number of esters is 1. The van der Waals surface area contributed by atoms with Gasteiger partial charge >= 0.3 is 5.97 Å². The molecular weight excluding hydrogens is 320 g/mol. The molecule has 1 fully saturated rings. The Kier molecular flexibility index (Phi) is 4.78. The van der Waals surface area contributed by atoms with Crippen LogP contribution in [-0.4, -0.2) is 12.6 Å². The lowest BCUT2D eigenvalue weighted by atomic mass is 9.56. The third-order valence-electron chi connectivity index (χ3n) is 6.93. The lowest BCUT2D eigenvalue weighted by molar-refractivity contribution is -0.156. The van der Waals surface area contributed by atoms with Crippen LogP contribution in [0.5, 0.6) is 0 Å². The number of carbonyl (C=O) groups is 1. The molecule has 0 spiro atoms. The molecule has 0 radical (unpaired) electrons. The highest BCUT2D eigenvalue weighted by molar-refractivity contribution is 5.75. The van der Waals surface area contributed by atoms with Crippen LogP contribution in [-0.2, 0) is 9.53 Å². The molecule has 3 aliphatic rings. The first-order valence-corrected chi connectivity index (χ1v) is 10.3. The fraction of sp³-hybridized carbons (Fsp3) is 0.708. The summed E-state index contributed by atoms with van der Waals surface area (Å²) in [6.07, 6.45) is 9.21. The lowest BCUT2D eigenvalue weighted by Crippen LogP contribution is -2.42. The molecule has 26 heavy (non-hydrogen) atoms. The van der Waals surface area contributed by atoms with Gasteiger partial charge in [0.2, 0.25) is 0 Å². The first-order chi connectivity index (χ1) is 12.0. The molecule has 1 saturated carbocycles. The number of ether oxygens (including phenoxy) is 1. The van der Waals surface area contributed by atoms with Gasteiger partial charge in [-0.2, -0.15) is 0 Å². The van der Waals surface area contributed by atoms with Crippen molar-refractivity contribution in [3.63, 3.8) is 0 Å². The van der Waals surface area contributed by atoms with Gasteiger partial charge in [0.1, 0.15) is 6.61 Å². The first kappa shape index (κ1) is 19.5. The minimum atomic E-state index is -0.447. The van der Waals surface area contributed by atoms with Gasteiger partial charge in [-0.25, -0.2) is 0 Å². The van der Waals surface area contributed by atoms with Crippen LogP contribution in [0, 0.1) is 22.2 Å². The van der Waals surface area contributed by atoms with E-state index in [1.807, 2.05) is 20.8 Å². The van der Waals surface area contributed by atoms with Crippen LogP contribution >= 0.6 is 0 Å². The molecule has 0 bridgehead atoms. The zero-order valence-electron chi connectivity index (χ0n) is 17.6. The number of carbonyl (C=O) groups excluding carboxylic acids is 1. The summed E-state index contributed by atoms with van der Waals surface area (Å²) in [5.74, 6) is 0.490. The second-order valence-electron chi connectivity index (χ2n) is 10.4. The summed E-state index contributed by atoms with van der Waals surface area (Å²) >= 11 is 0. The highest BCUT2D eigenvalue weighted by atomic mass is 16.5. The number of hydrogen-bond donors (Lipinski definition) is 0. The molecule has 3 rings (SSSR count). The fourth-order valence-corrected chi connectivity index (χ4v) is 5.09. The average molecular weight is 357 g/mol. The van der Waals surface area contributed by atoms with Gasteiger partial charge in [-0.05, 0) is 81.8 Å². The Bertz CT molecular complexity index is 685. The standard InChI is InChI=1S/C24H36O2/c1-16(2)18-9-10-23(7)12-13-24(15-26-21(25)22(4,5)6)11-8-17(3)14-19(24)20(18)23/h14,16H,3,8-13,15H2,1-2,4-7H3/t23-,24-/m1/s1. The van der Waals surface area contributed by atoms with Crippen molar-refractivity contribution in [2.24, 2.45) is 22.2 Å². The first-order valence-electron chi connectivity index (χ1n) is 10.3. The smallest absolute Gasteiger partial charge is 0.311 e. The highest BCUT2D eigenvalue weighted by Crippen LogP contribution is 2.62. The normalized spacial score (nSPS) is 31.7. The monoisotopic (exact) mass is 356 g/mol. The van der Waals surface area contributed by atoms with Crippen molar-refractivity contribution in [3.05, 3.63) is 34.9 Å². The van der Waals surface area contributed by atoms with Crippen LogP contribution < -0.4 is 0 Å². The summed E-state index contributed by atoms with van der Waals surface area (Å²) in [5, 5.41) is 0. The molecule has 2 heteroatoms. The Balaban J connectivity index is 2.00. The van der Waals surface area contributed by atoms with E-state index in [0.717, 1.165) is 19.3 Å². The Morgan fingerprint density at radius 2 is 1.88 bits per heavy atom. The third kappa shape index (κ3) is 3.21. The van der Waals surface area contributed by atoms with E-state index in [-0.39, 0.29) is 11.4 Å². The molecule has 0 aromatic carbocycles. The van der Waals surface area contributed by atoms with Crippen LogP contribution in [0.4, 0.5) is 0 Å². The highest BCUT2D eigenvalue weighted by Gasteiger charge is 2.52. The zero-order chi connectivity index (χ0) is 19.3. The van der Waals surface area contributed by atoms with E-state index in [1.54, 1.807) is 11.1 Å². The molecule has 0 saturated heterocycles. The molecule has 0 aliphatic heterocycles. The van der Waals surface area contributed by atoms with Crippen molar-refractivity contribution in [1.82, 2.24) is 0 Å². The van der Waals surface area contributed by atoms with Gasteiger partial charge in [-0.3, -0.25) is 4.79 Å². The maximum atomic E-state index is 12.4. The summed E-state index contributed by atoms with van der Waals surface area (Å²) in [7, 11) is 0. The van der Waals surface area contributed by atoms with Crippen LogP contribution in [0.1, 0.15) is 80.1 Å². The SMILES string of the molecule is C=C1C=C2C3=C(C(C)C)CC[C@]3(C)CC[C@@]2(COC(=O)C(C)(C)C)CC1. The van der Waals surface area contributed by atoms with Crippen molar-refractivity contribution in [2.45, 2.75) is 80.1 Å². The molecule has 2 nitrogen and oxygen atoms in total. The van der Waals surface area contributed by atoms with Gasteiger partial charge < -0.3 is 4.74 Å². The molecule has 0 unspecified atom stereocenters. The molecule has 144 valence electrons. The van der Waals surface area contributed by atoms with E-state index in [2.05, 4.69) is 33.4 Å². The summed E-state index contributed by atoms with van der Waals surface area (Å²) in [5.41, 5.74) is 5.72. The van der Waals surface area contributed by atoms with Crippen LogP contribution in [0.2, 0.25) is 0 Å². The molecule has 0 aromatic heterocycles. The van der Waals surface area contributed by atoms with Crippen molar-refractivity contribution >= 4 is 5.97 Å².